The summed E-state index contributed by atoms with van der Waals surface area (Å²) >= 11 is 0. The molecule has 2 aromatic carbocycles. The van der Waals surface area contributed by atoms with E-state index in [1.54, 1.807) is 0 Å². The zero-order chi connectivity index (χ0) is 22.1. The van der Waals surface area contributed by atoms with Crippen LogP contribution in [0.2, 0.25) is 0 Å². The molecule has 5 atom stereocenters. The fraction of sp³-hybridized carbons (Fsp3) is 0.280. The van der Waals surface area contributed by atoms with E-state index in [1.807, 2.05) is 78.4 Å². The van der Waals surface area contributed by atoms with Gasteiger partial charge in [-0.1, -0.05) is 55.5 Å². The summed E-state index contributed by atoms with van der Waals surface area (Å²) in [5.74, 6) is 0.429. The highest BCUT2D eigenvalue weighted by Crippen LogP contribution is 2.77. The second kappa shape index (κ2) is 6.62. The Balaban J connectivity index is 1.53. The number of aromatic nitrogens is 3. The minimum Gasteiger partial charge on any atom is -0.396 e. The van der Waals surface area contributed by atoms with Gasteiger partial charge in [-0.2, -0.15) is 0 Å². The Hall–Kier alpha value is -3.26. The van der Waals surface area contributed by atoms with Gasteiger partial charge < -0.3 is 25.2 Å². The number of aliphatic hydroxyl groups is 3. The molecule has 162 valence electrons. The number of benzene rings is 2. The van der Waals surface area contributed by atoms with E-state index in [9.17, 15) is 15.3 Å². The molecule has 2 aliphatic rings. The van der Waals surface area contributed by atoms with E-state index in [-0.39, 0.29) is 18.6 Å². The molecule has 0 bridgehead atoms. The molecule has 2 saturated carbocycles. The van der Waals surface area contributed by atoms with Crippen molar-refractivity contribution in [1.82, 2.24) is 14.5 Å². The fourth-order valence-corrected chi connectivity index (χ4v) is 5.65. The SMILES string of the molecule is C[C@]1(CO)C2C(n3cc(-c4ccccc4)c4c(Nc5ccccc5)ncnc43)C(O)[C@]21O. The highest BCUT2D eigenvalue weighted by Gasteiger charge is 2.88. The quantitative estimate of drug-likeness (QED) is 0.390. The zero-order valence-corrected chi connectivity index (χ0v) is 17.6. The molecule has 2 fully saturated rings. The molecule has 0 radical (unpaired) electrons. The lowest BCUT2D eigenvalue weighted by Crippen LogP contribution is -2.50. The minimum atomic E-state index is -1.26. The number of nitrogens with one attached hydrogen (secondary N) is 1. The Labute approximate surface area is 185 Å². The van der Waals surface area contributed by atoms with Crippen LogP contribution in [0.25, 0.3) is 22.2 Å². The number of rotatable bonds is 5. The van der Waals surface area contributed by atoms with Gasteiger partial charge in [-0.15, -0.1) is 0 Å². The Morgan fingerprint density at radius 2 is 1.72 bits per heavy atom. The first-order chi connectivity index (χ1) is 15.5. The van der Waals surface area contributed by atoms with Crippen molar-refractivity contribution >= 4 is 22.5 Å². The summed E-state index contributed by atoms with van der Waals surface area (Å²) in [6.07, 6.45) is 2.51. The number of hydrogen-bond donors (Lipinski definition) is 4. The minimum absolute atomic E-state index is 0.178. The molecular weight excluding hydrogens is 404 g/mol. The second-order valence-corrected chi connectivity index (χ2v) is 9.04. The zero-order valence-electron chi connectivity index (χ0n) is 17.6. The standard InChI is InChI=1S/C25H24N4O3/c1-24(13-30)20-19(21(31)25(20,24)32)29-12-17(15-8-4-2-5-9-15)18-22(26-14-27-23(18)29)28-16-10-6-3-7-11-16/h2-12,14,19-21,30-32H,13H2,1H3,(H,26,27,28)/t19?,20?,21?,24-,25+/m0/s1. The van der Waals surface area contributed by atoms with Crippen LogP contribution in [0.3, 0.4) is 0 Å². The van der Waals surface area contributed by atoms with Crippen LogP contribution in [0.5, 0.6) is 0 Å². The summed E-state index contributed by atoms with van der Waals surface area (Å²) < 4.78 is 1.94. The summed E-state index contributed by atoms with van der Waals surface area (Å²) in [4.78, 5) is 9.10. The van der Waals surface area contributed by atoms with Gasteiger partial charge >= 0.3 is 0 Å². The molecule has 0 saturated heterocycles. The largest absolute Gasteiger partial charge is 0.396 e. The van der Waals surface area contributed by atoms with Crippen LogP contribution in [0, 0.1) is 11.3 Å². The third-order valence-electron chi connectivity index (χ3n) is 7.49. The van der Waals surface area contributed by atoms with Gasteiger partial charge in [0.1, 0.15) is 29.5 Å². The van der Waals surface area contributed by atoms with E-state index in [2.05, 4.69) is 15.3 Å². The van der Waals surface area contributed by atoms with E-state index in [4.69, 9.17) is 0 Å². The lowest BCUT2D eigenvalue weighted by molar-refractivity contribution is -0.113. The molecule has 0 aliphatic heterocycles. The molecule has 7 nitrogen and oxygen atoms in total. The summed E-state index contributed by atoms with van der Waals surface area (Å²) in [5, 5.41) is 35.9. The topological polar surface area (TPSA) is 103 Å². The van der Waals surface area contributed by atoms with Gasteiger partial charge in [0.15, 0.2) is 0 Å². The average Bonchev–Trinajstić information content (AvgIpc) is 3.07. The summed E-state index contributed by atoms with van der Waals surface area (Å²) in [6.45, 7) is 1.64. The maximum absolute atomic E-state index is 10.9. The lowest BCUT2D eigenvalue weighted by Gasteiger charge is -2.38. The smallest absolute Gasteiger partial charge is 0.146 e. The van der Waals surface area contributed by atoms with Crippen LogP contribution in [0.4, 0.5) is 11.5 Å². The molecule has 4 aromatic rings. The predicted molar refractivity (Wildman–Crippen MR) is 121 cm³/mol. The number of para-hydroxylation sites is 1. The van der Waals surface area contributed by atoms with Gasteiger partial charge in [0.25, 0.3) is 0 Å². The van der Waals surface area contributed by atoms with Gasteiger partial charge in [0.05, 0.1) is 18.0 Å². The van der Waals surface area contributed by atoms with Crippen LogP contribution in [-0.4, -0.2) is 48.2 Å². The Kier molecular flexibility index (Phi) is 4.02. The lowest BCUT2D eigenvalue weighted by atomic mass is 9.85. The number of aliphatic hydroxyl groups excluding tert-OH is 2. The Morgan fingerprint density at radius 1 is 1.03 bits per heavy atom. The van der Waals surface area contributed by atoms with E-state index < -0.39 is 17.1 Å². The summed E-state index contributed by atoms with van der Waals surface area (Å²) in [6, 6.07) is 19.4. The first-order valence-electron chi connectivity index (χ1n) is 10.7. The van der Waals surface area contributed by atoms with Gasteiger partial charge in [-0.3, -0.25) is 0 Å². The van der Waals surface area contributed by atoms with Gasteiger partial charge in [0, 0.05) is 28.8 Å². The molecule has 32 heavy (non-hydrogen) atoms. The maximum atomic E-state index is 10.9. The van der Waals surface area contributed by atoms with Gasteiger partial charge in [-0.25, -0.2) is 9.97 Å². The molecule has 4 N–H and O–H groups in total. The molecule has 2 aromatic heterocycles. The first-order valence-corrected chi connectivity index (χ1v) is 10.7. The molecule has 3 unspecified atom stereocenters. The molecule has 2 heterocycles. The van der Waals surface area contributed by atoms with Crippen molar-refractivity contribution in [3.63, 3.8) is 0 Å². The number of anilines is 2. The second-order valence-electron chi connectivity index (χ2n) is 9.04. The highest BCUT2D eigenvalue weighted by atomic mass is 16.4. The van der Waals surface area contributed by atoms with Crippen molar-refractivity contribution in [1.29, 1.82) is 0 Å². The van der Waals surface area contributed by atoms with Crippen molar-refractivity contribution in [3.8, 4) is 11.1 Å². The van der Waals surface area contributed by atoms with Crippen molar-refractivity contribution < 1.29 is 15.3 Å². The van der Waals surface area contributed by atoms with E-state index in [0.717, 1.165) is 22.2 Å². The van der Waals surface area contributed by atoms with Gasteiger partial charge in [0.2, 0.25) is 0 Å². The third-order valence-corrected chi connectivity index (χ3v) is 7.49. The Bertz CT molecular complexity index is 1300. The van der Waals surface area contributed by atoms with Crippen LogP contribution in [0.15, 0.2) is 73.2 Å². The molecule has 0 amide bonds. The third kappa shape index (κ3) is 2.35. The van der Waals surface area contributed by atoms with E-state index in [0.29, 0.717) is 11.5 Å². The van der Waals surface area contributed by atoms with E-state index in [1.165, 1.54) is 6.33 Å². The average molecular weight is 428 g/mol. The molecule has 6 rings (SSSR count). The summed E-state index contributed by atoms with van der Waals surface area (Å²) in [7, 11) is 0. The normalized spacial score (nSPS) is 30.6. The molecule has 7 heteroatoms. The monoisotopic (exact) mass is 428 g/mol. The van der Waals surface area contributed by atoms with Crippen LogP contribution >= 0.6 is 0 Å². The van der Waals surface area contributed by atoms with E-state index >= 15 is 0 Å². The predicted octanol–water partition coefficient (Wildman–Crippen LogP) is 3.12. The van der Waals surface area contributed by atoms with Gasteiger partial charge in [-0.05, 0) is 17.7 Å². The highest BCUT2D eigenvalue weighted by molar-refractivity contribution is 6.02. The van der Waals surface area contributed by atoms with Crippen molar-refractivity contribution in [3.05, 3.63) is 73.2 Å². The van der Waals surface area contributed by atoms with Crippen LogP contribution in [-0.2, 0) is 0 Å². The van der Waals surface area contributed by atoms with Crippen LogP contribution < -0.4 is 5.32 Å². The molecular formula is C25H24N4O3. The first kappa shape index (κ1) is 19.4. The van der Waals surface area contributed by atoms with Crippen molar-refractivity contribution in [2.45, 2.75) is 24.7 Å². The maximum Gasteiger partial charge on any atom is 0.146 e. The Morgan fingerprint density at radius 3 is 2.38 bits per heavy atom. The van der Waals surface area contributed by atoms with Crippen LogP contribution in [0.1, 0.15) is 13.0 Å². The summed E-state index contributed by atoms with van der Waals surface area (Å²) in [5.41, 5.74) is 1.55. The number of fused-ring (bicyclic) bond motifs is 2. The number of nitrogens with zero attached hydrogens (tertiary/aromatic N) is 3. The fourth-order valence-electron chi connectivity index (χ4n) is 5.65. The molecule has 0 spiro atoms. The van der Waals surface area contributed by atoms with Crippen molar-refractivity contribution in [2.75, 3.05) is 11.9 Å². The number of hydrogen-bond acceptors (Lipinski definition) is 6. The molecule has 2 aliphatic carbocycles. The van der Waals surface area contributed by atoms with Crippen molar-refractivity contribution in [2.24, 2.45) is 11.3 Å².